The van der Waals surface area contributed by atoms with Crippen LogP contribution in [0.15, 0.2) is 12.2 Å². The molecule has 0 saturated carbocycles. The fourth-order valence-corrected chi connectivity index (χ4v) is 2.36. The van der Waals surface area contributed by atoms with Crippen LogP contribution < -0.4 is 10.6 Å². The number of phenols is 2. The van der Waals surface area contributed by atoms with E-state index in [1.807, 2.05) is 0 Å². The highest BCUT2D eigenvalue weighted by Gasteiger charge is 2.31. The molecule has 0 radical (unpaired) electrons. The van der Waals surface area contributed by atoms with Crippen LogP contribution in [0.5, 0.6) is 11.5 Å². The molecule has 0 fully saturated rings. The Morgan fingerprint density at radius 1 is 0.850 bits per heavy atom. The second-order valence-corrected chi connectivity index (χ2v) is 4.53. The summed E-state index contributed by atoms with van der Waals surface area (Å²) in [5.41, 5.74) is 0.573. The molecule has 20 heavy (non-hydrogen) atoms. The van der Waals surface area contributed by atoms with Gasteiger partial charge in [0.25, 0.3) is 0 Å². The standard InChI is InChI=1S/C14H16N2O4/c1-15-5-7-8(6-16-2)14(20)12-10(18)4-3-9(17)11(12)13(7)19/h3-4,15-16,19-20H,5-6H2,1-2H3. The molecular weight excluding hydrogens is 260 g/mol. The third kappa shape index (κ3) is 2.09. The summed E-state index contributed by atoms with van der Waals surface area (Å²) in [6, 6.07) is 0. The molecule has 0 heterocycles. The minimum absolute atomic E-state index is 0.125. The molecule has 1 aromatic carbocycles. The van der Waals surface area contributed by atoms with Gasteiger partial charge in [-0.2, -0.15) is 0 Å². The summed E-state index contributed by atoms with van der Waals surface area (Å²) in [5.74, 6) is -1.47. The lowest BCUT2D eigenvalue weighted by molar-refractivity contribution is 0.0989. The molecule has 4 N–H and O–H groups in total. The zero-order chi connectivity index (χ0) is 14.9. The van der Waals surface area contributed by atoms with Crippen molar-refractivity contribution in [3.8, 4) is 11.5 Å². The van der Waals surface area contributed by atoms with E-state index in [2.05, 4.69) is 10.6 Å². The Labute approximate surface area is 116 Å². The first-order valence-corrected chi connectivity index (χ1v) is 6.18. The second kappa shape index (κ2) is 5.44. The molecule has 1 aliphatic rings. The average molecular weight is 276 g/mol. The van der Waals surface area contributed by atoms with Gasteiger partial charge in [0.15, 0.2) is 11.6 Å². The maximum Gasteiger partial charge on any atom is 0.190 e. The van der Waals surface area contributed by atoms with Gasteiger partial charge >= 0.3 is 0 Å². The molecule has 0 aromatic heterocycles. The molecule has 6 nitrogen and oxygen atoms in total. The Morgan fingerprint density at radius 3 is 1.50 bits per heavy atom. The summed E-state index contributed by atoms with van der Waals surface area (Å²) in [7, 11) is 3.37. The Balaban J connectivity index is 2.80. The van der Waals surface area contributed by atoms with E-state index >= 15 is 0 Å². The van der Waals surface area contributed by atoms with Gasteiger partial charge in [0.05, 0.1) is 11.1 Å². The maximum absolute atomic E-state index is 11.9. The van der Waals surface area contributed by atoms with Gasteiger partial charge in [-0.05, 0) is 26.2 Å². The Bertz CT molecular complexity index is 567. The van der Waals surface area contributed by atoms with Crippen molar-refractivity contribution < 1.29 is 19.8 Å². The topological polar surface area (TPSA) is 98.7 Å². The van der Waals surface area contributed by atoms with Crippen molar-refractivity contribution in [3.05, 3.63) is 34.4 Å². The van der Waals surface area contributed by atoms with Crippen molar-refractivity contribution in [1.82, 2.24) is 10.6 Å². The molecule has 0 spiro atoms. The summed E-state index contributed by atoms with van der Waals surface area (Å²) in [6.07, 6.45) is 2.20. The molecule has 1 aliphatic carbocycles. The molecule has 0 saturated heterocycles. The number of fused-ring (bicyclic) bond motifs is 1. The molecule has 0 atom stereocenters. The lowest BCUT2D eigenvalue weighted by Crippen LogP contribution is -2.19. The lowest BCUT2D eigenvalue weighted by Gasteiger charge is -2.20. The summed E-state index contributed by atoms with van der Waals surface area (Å²) in [5, 5.41) is 26.3. The van der Waals surface area contributed by atoms with Crippen LogP contribution in [0, 0.1) is 0 Å². The molecule has 0 amide bonds. The Kier molecular flexibility index (Phi) is 3.87. The van der Waals surface area contributed by atoms with Crippen molar-refractivity contribution in [2.75, 3.05) is 14.1 Å². The average Bonchev–Trinajstić information content (AvgIpc) is 2.42. The molecule has 1 aromatic rings. The number of aromatic hydroxyl groups is 2. The van der Waals surface area contributed by atoms with E-state index in [9.17, 15) is 19.8 Å². The van der Waals surface area contributed by atoms with Crippen LogP contribution in [0.25, 0.3) is 0 Å². The Hall–Kier alpha value is -2.18. The van der Waals surface area contributed by atoms with Gasteiger partial charge in [0.2, 0.25) is 0 Å². The quantitative estimate of drug-likeness (QED) is 0.597. The Morgan fingerprint density at radius 2 is 1.20 bits per heavy atom. The highest BCUT2D eigenvalue weighted by Crippen LogP contribution is 2.40. The summed E-state index contributed by atoms with van der Waals surface area (Å²) >= 11 is 0. The first-order chi connectivity index (χ1) is 9.52. The van der Waals surface area contributed by atoms with Gasteiger partial charge in [-0.15, -0.1) is 0 Å². The van der Waals surface area contributed by atoms with Gasteiger partial charge in [-0.25, -0.2) is 0 Å². The number of carbonyl (C=O) groups is 2. The molecule has 6 heteroatoms. The first kappa shape index (κ1) is 14.2. The van der Waals surface area contributed by atoms with Crippen molar-refractivity contribution in [1.29, 1.82) is 0 Å². The van der Waals surface area contributed by atoms with Crippen LogP contribution >= 0.6 is 0 Å². The van der Waals surface area contributed by atoms with Gasteiger partial charge in [-0.1, -0.05) is 0 Å². The number of hydrogen-bond donors (Lipinski definition) is 4. The number of rotatable bonds is 4. The van der Waals surface area contributed by atoms with E-state index in [-0.39, 0.29) is 35.7 Å². The molecule has 2 rings (SSSR count). The van der Waals surface area contributed by atoms with Crippen molar-refractivity contribution >= 4 is 11.6 Å². The van der Waals surface area contributed by atoms with Crippen LogP contribution in [0.4, 0.5) is 0 Å². The number of carbonyl (C=O) groups excluding carboxylic acids is 2. The molecule has 0 bridgehead atoms. The summed E-state index contributed by atoms with van der Waals surface area (Å²) in [6.45, 7) is 0.545. The fourth-order valence-electron chi connectivity index (χ4n) is 2.36. The maximum atomic E-state index is 11.9. The number of phenolic OH excluding ortho intramolecular Hbond substituents is 2. The van der Waals surface area contributed by atoms with Crippen molar-refractivity contribution in [2.45, 2.75) is 13.1 Å². The smallest absolute Gasteiger partial charge is 0.190 e. The SMILES string of the molecule is CNCc1c(O)c2c(c(O)c1CNC)C(=O)C=CC2=O. The zero-order valence-corrected chi connectivity index (χ0v) is 11.3. The van der Waals surface area contributed by atoms with E-state index in [1.165, 1.54) is 0 Å². The second-order valence-electron chi connectivity index (χ2n) is 4.53. The van der Waals surface area contributed by atoms with E-state index < -0.39 is 11.6 Å². The monoisotopic (exact) mass is 276 g/mol. The van der Waals surface area contributed by atoms with Gasteiger partial charge < -0.3 is 20.8 Å². The number of hydrogen-bond acceptors (Lipinski definition) is 6. The molecule has 106 valence electrons. The largest absolute Gasteiger partial charge is 0.507 e. The van der Waals surface area contributed by atoms with E-state index in [4.69, 9.17) is 0 Å². The number of benzene rings is 1. The van der Waals surface area contributed by atoms with Gasteiger partial charge in [0, 0.05) is 24.2 Å². The fraction of sp³-hybridized carbons (Fsp3) is 0.286. The normalized spacial score (nSPS) is 13.7. The number of ketones is 2. The van der Waals surface area contributed by atoms with Crippen molar-refractivity contribution in [3.63, 3.8) is 0 Å². The predicted octanol–water partition coefficient (Wildman–Crippen LogP) is 0.472. The van der Waals surface area contributed by atoms with E-state index in [0.29, 0.717) is 11.1 Å². The summed E-state index contributed by atoms with van der Waals surface area (Å²) in [4.78, 5) is 23.8. The number of allylic oxidation sites excluding steroid dienone is 2. The molecule has 0 unspecified atom stereocenters. The highest BCUT2D eigenvalue weighted by molar-refractivity contribution is 6.24. The zero-order valence-electron chi connectivity index (χ0n) is 11.3. The first-order valence-electron chi connectivity index (χ1n) is 6.18. The third-order valence-electron chi connectivity index (χ3n) is 3.25. The van der Waals surface area contributed by atoms with Crippen LogP contribution in [0.2, 0.25) is 0 Å². The third-order valence-corrected chi connectivity index (χ3v) is 3.25. The number of nitrogens with one attached hydrogen (secondary N) is 2. The van der Waals surface area contributed by atoms with Crippen molar-refractivity contribution in [2.24, 2.45) is 0 Å². The van der Waals surface area contributed by atoms with E-state index in [1.54, 1.807) is 14.1 Å². The summed E-state index contributed by atoms with van der Waals surface area (Å²) < 4.78 is 0. The predicted molar refractivity (Wildman–Crippen MR) is 73.1 cm³/mol. The molecule has 0 aliphatic heterocycles. The van der Waals surface area contributed by atoms with Gasteiger partial charge in [0.1, 0.15) is 11.5 Å². The molecular formula is C14H16N2O4. The minimum atomic E-state index is -0.485. The van der Waals surface area contributed by atoms with Crippen LogP contribution in [0.3, 0.4) is 0 Å². The van der Waals surface area contributed by atoms with E-state index in [0.717, 1.165) is 12.2 Å². The van der Waals surface area contributed by atoms with Crippen LogP contribution in [-0.4, -0.2) is 35.9 Å². The van der Waals surface area contributed by atoms with Gasteiger partial charge in [-0.3, -0.25) is 9.59 Å². The van der Waals surface area contributed by atoms with Crippen LogP contribution in [-0.2, 0) is 13.1 Å². The minimum Gasteiger partial charge on any atom is -0.507 e. The lowest BCUT2D eigenvalue weighted by atomic mass is 9.87. The van der Waals surface area contributed by atoms with Crippen LogP contribution in [0.1, 0.15) is 31.8 Å². The highest BCUT2D eigenvalue weighted by atomic mass is 16.3.